The van der Waals surface area contributed by atoms with E-state index in [1.54, 1.807) is 17.8 Å². The number of hydrogen-bond donors (Lipinski definition) is 1. The lowest BCUT2D eigenvalue weighted by Gasteiger charge is -2.10. The lowest BCUT2D eigenvalue weighted by atomic mass is 10.2. The Labute approximate surface area is 93.2 Å². The second-order valence-corrected chi connectivity index (χ2v) is 4.84. The van der Waals surface area contributed by atoms with Crippen LogP contribution in [0.1, 0.15) is 6.92 Å². The second kappa shape index (κ2) is 4.31. The quantitative estimate of drug-likeness (QED) is 0.797. The summed E-state index contributed by atoms with van der Waals surface area (Å²) in [5.41, 5.74) is 0.877. The second-order valence-electron chi connectivity index (χ2n) is 3.78. The van der Waals surface area contributed by atoms with Gasteiger partial charge in [-0.15, -0.1) is 11.8 Å². The number of fused-ring (bicyclic) bond motifs is 1. The largest absolute Gasteiger partial charge is 0.494 e. The molecule has 0 saturated carbocycles. The predicted octanol–water partition coefficient (Wildman–Crippen LogP) is 2.99. The molecule has 0 bridgehead atoms. The average Bonchev–Trinajstić information content (AvgIpc) is 2.40. The first kappa shape index (κ1) is 10.6. The predicted molar refractivity (Wildman–Crippen MR) is 61.3 cm³/mol. The van der Waals surface area contributed by atoms with Crippen LogP contribution >= 0.6 is 11.8 Å². The highest BCUT2D eigenvalue weighted by molar-refractivity contribution is 7.99. The number of nitrogens with one attached hydrogen (secondary N) is 1. The first-order valence-electron chi connectivity index (χ1n) is 4.95. The summed E-state index contributed by atoms with van der Waals surface area (Å²) in [7, 11) is 1.49. The molecule has 1 aliphatic rings. The number of thioether (sulfide) groups is 1. The molecule has 0 spiro atoms. The molecular formula is C11H14FNOS. The van der Waals surface area contributed by atoms with Crippen molar-refractivity contribution in [1.29, 1.82) is 0 Å². The molecule has 82 valence electrons. The van der Waals surface area contributed by atoms with Gasteiger partial charge in [0.1, 0.15) is 0 Å². The number of ether oxygens (including phenoxy) is 1. The molecule has 1 unspecified atom stereocenters. The average molecular weight is 227 g/mol. The third-order valence-electron chi connectivity index (χ3n) is 2.42. The van der Waals surface area contributed by atoms with E-state index in [2.05, 4.69) is 12.2 Å². The van der Waals surface area contributed by atoms with Crippen molar-refractivity contribution in [2.45, 2.75) is 11.8 Å². The Kier molecular flexibility index (Phi) is 3.05. The molecule has 1 N–H and O–H groups in total. The van der Waals surface area contributed by atoms with Crippen LogP contribution in [0.25, 0.3) is 0 Å². The number of hydrogen-bond acceptors (Lipinski definition) is 3. The van der Waals surface area contributed by atoms with Crippen LogP contribution in [0.4, 0.5) is 10.1 Å². The van der Waals surface area contributed by atoms with E-state index >= 15 is 0 Å². The van der Waals surface area contributed by atoms with E-state index in [0.29, 0.717) is 11.7 Å². The summed E-state index contributed by atoms with van der Waals surface area (Å²) in [5, 5.41) is 3.25. The van der Waals surface area contributed by atoms with Gasteiger partial charge in [0.05, 0.1) is 12.8 Å². The number of rotatable bonds is 1. The van der Waals surface area contributed by atoms with Crippen molar-refractivity contribution in [3.8, 4) is 5.75 Å². The summed E-state index contributed by atoms with van der Waals surface area (Å²) in [6, 6.07) is 3.28. The van der Waals surface area contributed by atoms with Crippen molar-refractivity contribution in [1.82, 2.24) is 0 Å². The van der Waals surface area contributed by atoms with Gasteiger partial charge in [0, 0.05) is 23.3 Å². The van der Waals surface area contributed by atoms with Crippen molar-refractivity contribution in [3.05, 3.63) is 17.9 Å². The molecule has 1 aromatic carbocycles. The Bertz CT molecular complexity index is 370. The molecule has 2 nitrogen and oxygen atoms in total. The summed E-state index contributed by atoms with van der Waals surface area (Å²) >= 11 is 1.75. The number of anilines is 1. The highest BCUT2D eigenvalue weighted by Gasteiger charge is 2.15. The van der Waals surface area contributed by atoms with Crippen LogP contribution in [0.5, 0.6) is 5.75 Å². The van der Waals surface area contributed by atoms with E-state index in [4.69, 9.17) is 4.74 Å². The van der Waals surface area contributed by atoms with Gasteiger partial charge in [-0.25, -0.2) is 4.39 Å². The summed E-state index contributed by atoms with van der Waals surface area (Å²) in [5.74, 6) is 1.65. The van der Waals surface area contributed by atoms with E-state index in [9.17, 15) is 4.39 Å². The smallest absolute Gasteiger partial charge is 0.167 e. The number of methoxy groups -OCH3 is 1. The zero-order chi connectivity index (χ0) is 10.8. The summed E-state index contributed by atoms with van der Waals surface area (Å²) in [4.78, 5) is 1.07. The van der Waals surface area contributed by atoms with Gasteiger partial charge in [-0.3, -0.25) is 0 Å². The lowest BCUT2D eigenvalue weighted by Crippen LogP contribution is -2.10. The topological polar surface area (TPSA) is 21.3 Å². The highest BCUT2D eigenvalue weighted by atomic mass is 32.2. The fourth-order valence-corrected chi connectivity index (χ4v) is 2.58. The van der Waals surface area contributed by atoms with Gasteiger partial charge >= 0.3 is 0 Å². The Morgan fingerprint density at radius 3 is 3.07 bits per heavy atom. The van der Waals surface area contributed by atoms with Crippen LogP contribution in [0.3, 0.4) is 0 Å². The molecule has 4 heteroatoms. The van der Waals surface area contributed by atoms with Crippen LogP contribution < -0.4 is 10.1 Å². The summed E-state index contributed by atoms with van der Waals surface area (Å²) in [6.07, 6.45) is 0. The van der Waals surface area contributed by atoms with Gasteiger partial charge < -0.3 is 10.1 Å². The van der Waals surface area contributed by atoms with E-state index in [1.807, 2.05) is 0 Å². The minimum atomic E-state index is -0.307. The number of halogens is 1. The fourth-order valence-electron chi connectivity index (χ4n) is 1.52. The first-order chi connectivity index (χ1) is 7.20. The Morgan fingerprint density at radius 1 is 1.53 bits per heavy atom. The van der Waals surface area contributed by atoms with Crippen LogP contribution in [0, 0.1) is 11.7 Å². The molecule has 0 aromatic heterocycles. The minimum absolute atomic E-state index is 0.307. The van der Waals surface area contributed by atoms with Crippen LogP contribution in [-0.4, -0.2) is 19.4 Å². The summed E-state index contributed by atoms with van der Waals surface area (Å²) < 4.78 is 18.4. The zero-order valence-electron chi connectivity index (χ0n) is 8.84. The first-order valence-corrected chi connectivity index (χ1v) is 5.93. The van der Waals surface area contributed by atoms with Gasteiger partial charge in [-0.1, -0.05) is 6.92 Å². The molecule has 2 rings (SSSR count). The van der Waals surface area contributed by atoms with Gasteiger partial charge in [-0.2, -0.15) is 0 Å². The number of benzene rings is 1. The maximum absolute atomic E-state index is 13.4. The highest BCUT2D eigenvalue weighted by Crippen LogP contribution is 2.36. The maximum atomic E-state index is 13.4. The monoisotopic (exact) mass is 227 g/mol. The van der Waals surface area contributed by atoms with Gasteiger partial charge in [0.2, 0.25) is 0 Å². The molecule has 0 aliphatic carbocycles. The third kappa shape index (κ3) is 2.20. The standard InChI is InChI=1S/C11H14FNOS/c1-7-5-13-9-3-8(12)10(14-2)4-11(9)15-6-7/h3-4,7,13H,5-6H2,1-2H3. The van der Waals surface area contributed by atoms with Gasteiger partial charge in [-0.05, 0) is 12.0 Å². The van der Waals surface area contributed by atoms with Gasteiger partial charge in [0.15, 0.2) is 11.6 Å². The van der Waals surface area contributed by atoms with Crippen LogP contribution in [0.15, 0.2) is 17.0 Å². The minimum Gasteiger partial charge on any atom is -0.494 e. The molecule has 15 heavy (non-hydrogen) atoms. The molecule has 1 aromatic rings. The molecule has 1 atom stereocenters. The van der Waals surface area contributed by atoms with E-state index in [-0.39, 0.29) is 5.82 Å². The van der Waals surface area contributed by atoms with E-state index < -0.39 is 0 Å². The zero-order valence-corrected chi connectivity index (χ0v) is 9.66. The van der Waals surface area contributed by atoms with Gasteiger partial charge in [0.25, 0.3) is 0 Å². The maximum Gasteiger partial charge on any atom is 0.167 e. The van der Waals surface area contributed by atoms with E-state index in [1.165, 1.54) is 13.2 Å². The molecule has 0 radical (unpaired) electrons. The Balaban J connectivity index is 2.36. The van der Waals surface area contributed by atoms with Crippen LogP contribution in [-0.2, 0) is 0 Å². The van der Waals surface area contributed by atoms with Crippen molar-refractivity contribution in [2.24, 2.45) is 5.92 Å². The van der Waals surface area contributed by atoms with Crippen molar-refractivity contribution in [2.75, 3.05) is 24.7 Å². The lowest BCUT2D eigenvalue weighted by molar-refractivity contribution is 0.385. The molecule has 0 fully saturated rings. The SMILES string of the molecule is COc1cc2c(cc1F)NCC(C)CS2. The molecule has 0 amide bonds. The molecular weight excluding hydrogens is 213 g/mol. The Hall–Kier alpha value is -0.900. The van der Waals surface area contributed by atoms with Crippen molar-refractivity contribution < 1.29 is 9.13 Å². The van der Waals surface area contributed by atoms with Crippen molar-refractivity contribution >= 4 is 17.4 Å². The van der Waals surface area contributed by atoms with Crippen LogP contribution in [0.2, 0.25) is 0 Å². The fraction of sp³-hybridized carbons (Fsp3) is 0.455. The van der Waals surface area contributed by atoms with Crippen molar-refractivity contribution in [3.63, 3.8) is 0 Å². The normalized spacial score (nSPS) is 20.1. The molecule has 1 aliphatic heterocycles. The Morgan fingerprint density at radius 2 is 2.33 bits per heavy atom. The molecule has 0 saturated heterocycles. The van der Waals surface area contributed by atoms with E-state index in [0.717, 1.165) is 22.9 Å². The molecule has 1 heterocycles. The third-order valence-corrected chi connectivity index (χ3v) is 3.80. The summed E-state index contributed by atoms with van der Waals surface area (Å²) in [6.45, 7) is 3.07.